The van der Waals surface area contributed by atoms with Crippen LogP contribution in [-0.4, -0.2) is 42.6 Å². The molecule has 1 saturated heterocycles. The second-order valence-electron chi connectivity index (χ2n) is 12.0. The highest BCUT2D eigenvalue weighted by Gasteiger charge is 2.44. The third kappa shape index (κ3) is 8.52. The van der Waals surface area contributed by atoms with Crippen molar-refractivity contribution in [2.45, 2.75) is 37.4 Å². The zero-order chi connectivity index (χ0) is 37.9. The van der Waals surface area contributed by atoms with Gasteiger partial charge in [-0.15, -0.1) is 0 Å². The van der Waals surface area contributed by atoms with Gasteiger partial charge < -0.3 is 32.9 Å². The van der Waals surface area contributed by atoms with Crippen molar-refractivity contribution in [1.29, 1.82) is 0 Å². The van der Waals surface area contributed by atoms with E-state index in [-0.39, 0.29) is 39.4 Å². The highest BCUT2D eigenvalue weighted by molar-refractivity contribution is 8.06. The van der Waals surface area contributed by atoms with Crippen LogP contribution in [0.15, 0.2) is 107 Å². The summed E-state index contributed by atoms with van der Waals surface area (Å²) in [7, 11) is 3.16. The predicted molar refractivity (Wildman–Crippen MR) is 204 cm³/mol. The van der Waals surface area contributed by atoms with Gasteiger partial charge in [0, 0.05) is 23.2 Å². The number of nitrogens with one attached hydrogen (secondary N) is 1. The van der Waals surface area contributed by atoms with Gasteiger partial charge in [0.2, 0.25) is 0 Å². The topological polar surface area (TPSA) is 133 Å². The summed E-state index contributed by atoms with van der Waals surface area (Å²) in [6.07, 6.45) is -1.69. The highest BCUT2D eigenvalue weighted by atomic mass is 35.5. The van der Waals surface area contributed by atoms with Crippen LogP contribution in [-0.2, 0) is 31.4 Å². The van der Waals surface area contributed by atoms with E-state index in [0.717, 1.165) is 16.7 Å². The van der Waals surface area contributed by atoms with E-state index in [9.17, 15) is 14.5 Å². The normalized spacial score (nSPS) is 18.4. The maximum Gasteiger partial charge on any atom is 0.330 e. The number of rotatable bonds is 13. The maximum atomic E-state index is 13.9. The van der Waals surface area contributed by atoms with Gasteiger partial charge in [-0.1, -0.05) is 89.4 Å². The van der Waals surface area contributed by atoms with Crippen molar-refractivity contribution in [3.8, 4) is 17.2 Å². The number of methoxy groups -OCH3 is 2. The second-order valence-corrected chi connectivity index (χ2v) is 15.9. The highest BCUT2D eigenvalue weighted by Crippen LogP contribution is 2.50. The van der Waals surface area contributed by atoms with Crippen molar-refractivity contribution in [2.75, 3.05) is 20.8 Å². The molecular weight excluding hydrogens is 786 g/mol. The van der Waals surface area contributed by atoms with Crippen molar-refractivity contribution < 1.29 is 32.9 Å². The molecule has 278 valence electrons. The third-order valence-electron chi connectivity index (χ3n) is 8.70. The van der Waals surface area contributed by atoms with E-state index in [0.29, 0.717) is 11.5 Å². The second kappa shape index (κ2) is 16.4. The first-order valence-electron chi connectivity index (χ1n) is 16.1. The first kappa shape index (κ1) is 39.0. The molecule has 1 N–H and O–H groups in total. The lowest BCUT2D eigenvalue weighted by atomic mass is 9.80. The molecule has 0 bridgehead atoms. The van der Waals surface area contributed by atoms with E-state index >= 15 is 0 Å². The van der Waals surface area contributed by atoms with Crippen LogP contribution in [0, 0.1) is 6.92 Å². The van der Waals surface area contributed by atoms with E-state index in [1.165, 1.54) is 22.9 Å². The van der Waals surface area contributed by atoms with E-state index in [1.54, 1.807) is 21.1 Å². The van der Waals surface area contributed by atoms with Gasteiger partial charge in [0.25, 0.3) is 5.56 Å². The van der Waals surface area contributed by atoms with Crippen LogP contribution >= 0.6 is 41.5 Å². The molecule has 16 heteroatoms. The standard InChI is InChI=1S/C37H34Cl3N2O9PS/c1-22-20-42(36(44)41-35(22)43)33-19-31(50-52(45,53)51-34-29(39)17-26(38)18-30(34)40)32(49-33)21-48-37(23-7-5-4-6-8-23,24-9-13-27(46-2)14-10-24)25-11-15-28(47-3)16-12-25/h4-18,20,31-33H,19,21H2,1-3H3,(H,45,53)(H,41,43,44)/p-1/t31-,32+,33+,52?/m0/s1. The maximum absolute atomic E-state index is 13.9. The Morgan fingerprint density at radius 1 is 0.906 bits per heavy atom. The molecule has 11 nitrogen and oxygen atoms in total. The van der Waals surface area contributed by atoms with Gasteiger partial charge in [-0.05, 0) is 71.8 Å². The number of benzene rings is 4. The van der Waals surface area contributed by atoms with Gasteiger partial charge in [-0.2, -0.15) is 0 Å². The van der Waals surface area contributed by atoms with Crippen molar-refractivity contribution in [2.24, 2.45) is 0 Å². The average Bonchev–Trinajstić information content (AvgIpc) is 3.53. The number of aryl methyl sites for hydroxylation is 1. The van der Waals surface area contributed by atoms with E-state index < -0.39 is 42.0 Å². The van der Waals surface area contributed by atoms with Crippen LogP contribution in [0.3, 0.4) is 0 Å². The molecule has 53 heavy (non-hydrogen) atoms. The number of hydrogen-bond donors (Lipinski definition) is 1. The largest absolute Gasteiger partial charge is 0.770 e. The monoisotopic (exact) mass is 817 g/mol. The Morgan fingerprint density at radius 3 is 2.00 bits per heavy atom. The van der Waals surface area contributed by atoms with Crippen LogP contribution in [0.1, 0.15) is 34.9 Å². The number of hydrogen-bond acceptors (Lipinski definition) is 10. The number of H-pyrrole nitrogens is 1. The summed E-state index contributed by atoms with van der Waals surface area (Å²) in [5, 5.41) is 0.172. The van der Waals surface area contributed by atoms with Crippen LogP contribution in [0.4, 0.5) is 0 Å². The molecule has 6 rings (SSSR count). The minimum absolute atomic E-state index is 0.0292. The lowest BCUT2D eigenvalue weighted by molar-refractivity contribution is -0.205. The van der Waals surface area contributed by atoms with Crippen LogP contribution < -0.4 is 30.1 Å². The number of aromatic nitrogens is 2. The van der Waals surface area contributed by atoms with Crippen molar-refractivity contribution in [3.63, 3.8) is 0 Å². The van der Waals surface area contributed by atoms with E-state index in [4.69, 9.17) is 74.6 Å². The Morgan fingerprint density at radius 2 is 1.45 bits per heavy atom. The molecule has 1 fully saturated rings. The first-order chi connectivity index (χ1) is 25.3. The fraction of sp³-hybridized carbons (Fsp3) is 0.243. The van der Waals surface area contributed by atoms with Gasteiger partial charge in [-0.3, -0.25) is 14.3 Å². The summed E-state index contributed by atoms with van der Waals surface area (Å²) in [6.45, 7) is -3.03. The van der Waals surface area contributed by atoms with Gasteiger partial charge in [0.15, 0.2) is 12.5 Å². The molecule has 1 unspecified atom stereocenters. The average molecular weight is 819 g/mol. The smallest absolute Gasteiger partial charge is 0.330 e. The Hall–Kier alpha value is -3.68. The molecule has 0 radical (unpaired) electrons. The van der Waals surface area contributed by atoms with Crippen molar-refractivity contribution >= 4 is 53.3 Å². The molecule has 1 aliphatic rings. The molecule has 0 saturated carbocycles. The van der Waals surface area contributed by atoms with Crippen LogP contribution in [0.25, 0.3) is 0 Å². The Bertz CT molecular complexity index is 2170. The lowest BCUT2D eigenvalue weighted by Crippen LogP contribution is -2.39. The van der Waals surface area contributed by atoms with Gasteiger partial charge in [0.1, 0.15) is 29.4 Å². The summed E-state index contributed by atoms with van der Waals surface area (Å²) >= 11 is 24.0. The number of aromatic amines is 1. The van der Waals surface area contributed by atoms with E-state index in [1.807, 2.05) is 78.9 Å². The van der Waals surface area contributed by atoms with Gasteiger partial charge in [0.05, 0.1) is 37.0 Å². The molecule has 2 heterocycles. The molecule has 0 spiro atoms. The van der Waals surface area contributed by atoms with Crippen molar-refractivity contribution in [1.82, 2.24) is 9.55 Å². The van der Waals surface area contributed by atoms with Gasteiger partial charge in [-0.25, -0.2) is 4.79 Å². The number of nitrogens with zero attached hydrogens (tertiary/aromatic N) is 1. The molecular formula is C37H33Cl3N2O9PS-. The third-order valence-corrected chi connectivity index (χ3v) is 10.9. The zero-order valence-electron chi connectivity index (χ0n) is 28.5. The summed E-state index contributed by atoms with van der Waals surface area (Å²) < 4.78 is 37.2. The Labute approximate surface area is 325 Å². The summed E-state index contributed by atoms with van der Waals surface area (Å²) in [4.78, 5) is 41.3. The molecule has 4 atom stereocenters. The summed E-state index contributed by atoms with van der Waals surface area (Å²) in [5.41, 5.74) is 0.0468. The predicted octanol–water partition coefficient (Wildman–Crippen LogP) is 7.17. The number of ether oxygens (including phenoxy) is 4. The lowest BCUT2D eigenvalue weighted by Gasteiger charge is -2.38. The SMILES string of the molecule is COc1ccc(C(OC[C@H]2O[C@@H](n3cc(C)c(=O)[nH]c3=O)C[C@@H]2OP([O-])(=S)Oc2c(Cl)cc(Cl)cc2Cl)(c2ccccc2)c2ccc(OC)cc2)cc1. The van der Waals surface area contributed by atoms with Crippen LogP contribution in [0.5, 0.6) is 17.2 Å². The fourth-order valence-electron chi connectivity index (χ4n) is 6.13. The summed E-state index contributed by atoms with van der Waals surface area (Å²) in [6, 6.07) is 27.2. The quantitative estimate of drug-likeness (QED) is 0.0964. The molecule has 0 amide bonds. The molecule has 5 aromatic rings. The number of halogens is 3. The fourth-order valence-corrected chi connectivity index (χ4v) is 8.70. The molecule has 1 aliphatic heterocycles. The zero-order valence-corrected chi connectivity index (χ0v) is 32.5. The molecule has 1 aromatic heterocycles. The van der Waals surface area contributed by atoms with Crippen molar-refractivity contribution in [3.05, 3.63) is 155 Å². The minimum Gasteiger partial charge on any atom is -0.770 e. The summed E-state index contributed by atoms with van der Waals surface area (Å²) in [5.74, 6) is 1.11. The van der Waals surface area contributed by atoms with Crippen LogP contribution in [0.2, 0.25) is 15.1 Å². The minimum atomic E-state index is -4.41. The molecule has 4 aromatic carbocycles. The van der Waals surface area contributed by atoms with Gasteiger partial charge >= 0.3 is 5.69 Å². The Kier molecular flexibility index (Phi) is 12.0. The first-order valence-corrected chi connectivity index (χ1v) is 19.8. The Balaban J connectivity index is 1.42. The van der Waals surface area contributed by atoms with E-state index in [2.05, 4.69) is 4.98 Å². The molecule has 0 aliphatic carbocycles.